The molecule has 1 unspecified atom stereocenters. The van der Waals surface area contributed by atoms with Crippen LogP contribution in [0.3, 0.4) is 0 Å². The van der Waals surface area contributed by atoms with Crippen LogP contribution in [-0.2, 0) is 6.18 Å². The lowest BCUT2D eigenvalue weighted by Gasteiger charge is -2.22. The molecule has 0 aliphatic rings. The first-order chi connectivity index (χ1) is 14.7. The van der Waals surface area contributed by atoms with E-state index in [1.54, 1.807) is 24.3 Å². The Labute approximate surface area is 178 Å². The van der Waals surface area contributed by atoms with Gasteiger partial charge < -0.3 is 4.74 Å². The molecule has 0 bridgehead atoms. The van der Waals surface area contributed by atoms with Crippen molar-refractivity contribution in [2.45, 2.75) is 31.9 Å². The lowest BCUT2D eigenvalue weighted by molar-refractivity contribution is -0.137. The summed E-state index contributed by atoms with van der Waals surface area (Å²) in [5.41, 5.74) is 1.15. The fourth-order valence-corrected chi connectivity index (χ4v) is 3.49. The monoisotopic (exact) mass is 434 g/mol. The Morgan fingerprint density at radius 2 is 1.23 bits per heavy atom. The lowest BCUT2D eigenvalue weighted by atomic mass is 9.83. The van der Waals surface area contributed by atoms with E-state index in [0.717, 1.165) is 29.7 Å². The average Bonchev–Trinajstić information content (AvgIpc) is 2.73. The Bertz CT molecular complexity index is 902. The maximum absolute atomic E-state index is 13.4. The van der Waals surface area contributed by atoms with Crippen molar-refractivity contribution < 1.29 is 26.7 Å². The van der Waals surface area contributed by atoms with Crippen LogP contribution in [0.25, 0.3) is 0 Å². The molecule has 0 saturated carbocycles. The fourth-order valence-electron chi connectivity index (χ4n) is 3.49. The third-order valence-electron chi connectivity index (χ3n) is 5.24. The summed E-state index contributed by atoms with van der Waals surface area (Å²) in [5, 5.41) is 0. The number of alkyl halides is 3. The Hall–Kier alpha value is -2.89. The minimum Gasteiger partial charge on any atom is -0.494 e. The van der Waals surface area contributed by atoms with E-state index in [1.165, 1.54) is 36.4 Å². The largest absolute Gasteiger partial charge is 0.494 e. The molecule has 0 fully saturated rings. The van der Waals surface area contributed by atoms with Gasteiger partial charge in [0.2, 0.25) is 0 Å². The second-order valence-corrected chi connectivity index (χ2v) is 7.66. The van der Waals surface area contributed by atoms with Crippen molar-refractivity contribution in [1.29, 1.82) is 0 Å². The number of benzene rings is 3. The predicted octanol–water partition coefficient (Wildman–Crippen LogP) is 7.61. The fraction of sp³-hybridized carbons (Fsp3) is 0.280. The highest BCUT2D eigenvalue weighted by Crippen LogP contribution is 2.33. The van der Waals surface area contributed by atoms with Gasteiger partial charge >= 0.3 is 6.18 Å². The molecule has 0 heterocycles. The van der Waals surface area contributed by atoms with Crippen molar-refractivity contribution >= 4 is 0 Å². The standard InChI is InChI=1S/C25H23F5O/c1-17(14-15-31-23-12-6-20(7-13-23)25(28,29)30)16-24(18-2-8-21(26)9-3-18)19-4-10-22(27)11-5-19/h2-13,17,24H,14-16H2,1H3. The highest BCUT2D eigenvalue weighted by Gasteiger charge is 2.30. The zero-order valence-corrected chi connectivity index (χ0v) is 17.0. The normalized spacial score (nSPS) is 12.7. The molecule has 0 aliphatic heterocycles. The first kappa shape index (κ1) is 22.8. The van der Waals surface area contributed by atoms with Crippen LogP contribution in [0.5, 0.6) is 5.75 Å². The van der Waals surface area contributed by atoms with Gasteiger partial charge in [-0.1, -0.05) is 31.2 Å². The molecular weight excluding hydrogens is 411 g/mol. The third-order valence-corrected chi connectivity index (χ3v) is 5.24. The Kier molecular flexibility index (Phi) is 7.31. The molecule has 0 radical (unpaired) electrons. The molecular formula is C25H23F5O. The van der Waals surface area contributed by atoms with Gasteiger partial charge in [-0.2, -0.15) is 13.2 Å². The zero-order valence-electron chi connectivity index (χ0n) is 17.0. The number of hydrogen-bond acceptors (Lipinski definition) is 1. The number of halogens is 5. The maximum Gasteiger partial charge on any atom is 0.416 e. The summed E-state index contributed by atoms with van der Waals surface area (Å²) in [7, 11) is 0. The molecule has 31 heavy (non-hydrogen) atoms. The SMILES string of the molecule is CC(CCOc1ccc(C(F)(F)F)cc1)CC(c1ccc(F)cc1)c1ccc(F)cc1. The molecule has 6 heteroatoms. The summed E-state index contributed by atoms with van der Waals surface area (Å²) < 4.78 is 70.2. The molecule has 0 N–H and O–H groups in total. The molecule has 0 aliphatic carbocycles. The Morgan fingerprint density at radius 3 is 1.68 bits per heavy atom. The van der Waals surface area contributed by atoms with Crippen molar-refractivity contribution in [3.63, 3.8) is 0 Å². The van der Waals surface area contributed by atoms with E-state index in [4.69, 9.17) is 4.74 Å². The van der Waals surface area contributed by atoms with Crippen molar-refractivity contribution in [3.8, 4) is 5.75 Å². The first-order valence-corrected chi connectivity index (χ1v) is 10.0. The molecule has 3 rings (SSSR count). The lowest BCUT2D eigenvalue weighted by Crippen LogP contribution is -2.11. The van der Waals surface area contributed by atoms with Crippen LogP contribution >= 0.6 is 0 Å². The first-order valence-electron chi connectivity index (χ1n) is 10.0. The van der Waals surface area contributed by atoms with E-state index in [-0.39, 0.29) is 23.5 Å². The summed E-state index contributed by atoms with van der Waals surface area (Å²) in [5.74, 6) is -0.0927. The molecule has 0 spiro atoms. The van der Waals surface area contributed by atoms with Crippen molar-refractivity contribution in [2.24, 2.45) is 5.92 Å². The van der Waals surface area contributed by atoms with Crippen LogP contribution in [0.15, 0.2) is 72.8 Å². The van der Waals surface area contributed by atoms with Crippen LogP contribution in [0.4, 0.5) is 22.0 Å². The molecule has 0 amide bonds. The Balaban J connectivity index is 1.61. The summed E-state index contributed by atoms with van der Waals surface area (Å²) in [6.45, 7) is 2.41. The van der Waals surface area contributed by atoms with Gasteiger partial charge in [-0.3, -0.25) is 0 Å². The molecule has 1 nitrogen and oxygen atoms in total. The van der Waals surface area contributed by atoms with Gasteiger partial charge in [0.25, 0.3) is 0 Å². The third kappa shape index (κ3) is 6.54. The number of ether oxygens (including phenoxy) is 1. The molecule has 1 atom stereocenters. The van der Waals surface area contributed by atoms with Gasteiger partial charge in [-0.15, -0.1) is 0 Å². The predicted molar refractivity (Wildman–Crippen MR) is 110 cm³/mol. The molecule has 164 valence electrons. The summed E-state index contributed by atoms with van der Waals surface area (Å²) >= 11 is 0. The van der Waals surface area contributed by atoms with Crippen molar-refractivity contribution in [1.82, 2.24) is 0 Å². The second kappa shape index (κ2) is 9.94. The van der Waals surface area contributed by atoms with Gasteiger partial charge in [-0.05, 0) is 78.4 Å². The van der Waals surface area contributed by atoms with Crippen molar-refractivity contribution in [2.75, 3.05) is 6.61 Å². The average molecular weight is 434 g/mol. The molecule has 0 saturated heterocycles. The van der Waals surface area contributed by atoms with Gasteiger partial charge in [0.15, 0.2) is 0 Å². The second-order valence-electron chi connectivity index (χ2n) is 7.66. The van der Waals surface area contributed by atoms with Crippen LogP contribution < -0.4 is 4.74 Å². The van der Waals surface area contributed by atoms with Gasteiger partial charge in [0.1, 0.15) is 17.4 Å². The van der Waals surface area contributed by atoms with Crippen molar-refractivity contribution in [3.05, 3.63) is 101 Å². The Morgan fingerprint density at radius 1 is 0.742 bits per heavy atom. The van der Waals surface area contributed by atoms with Crippen LogP contribution in [0.2, 0.25) is 0 Å². The van der Waals surface area contributed by atoms with Gasteiger partial charge in [0.05, 0.1) is 12.2 Å². The van der Waals surface area contributed by atoms with Gasteiger partial charge in [0, 0.05) is 5.92 Å². The highest BCUT2D eigenvalue weighted by molar-refractivity contribution is 5.33. The van der Waals surface area contributed by atoms with Crippen LogP contribution in [0, 0.1) is 17.6 Å². The number of rotatable bonds is 8. The highest BCUT2D eigenvalue weighted by atomic mass is 19.4. The van der Waals surface area contributed by atoms with E-state index in [1.807, 2.05) is 0 Å². The molecule has 0 aromatic heterocycles. The summed E-state index contributed by atoms with van der Waals surface area (Å²) in [6, 6.07) is 17.2. The van der Waals surface area contributed by atoms with E-state index in [0.29, 0.717) is 18.8 Å². The summed E-state index contributed by atoms with van der Waals surface area (Å²) in [6.07, 6.45) is -2.96. The summed E-state index contributed by atoms with van der Waals surface area (Å²) in [4.78, 5) is 0. The quantitative estimate of drug-likeness (QED) is 0.332. The van der Waals surface area contributed by atoms with Crippen LogP contribution in [0.1, 0.15) is 42.4 Å². The molecule has 3 aromatic rings. The zero-order chi connectivity index (χ0) is 22.4. The van der Waals surface area contributed by atoms with Crippen LogP contribution in [-0.4, -0.2) is 6.61 Å². The van der Waals surface area contributed by atoms with E-state index < -0.39 is 11.7 Å². The minimum absolute atomic E-state index is 0.0396. The molecule has 3 aromatic carbocycles. The smallest absolute Gasteiger partial charge is 0.416 e. The number of hydrogen-bond donors (Lipinski definition) is 0. The topological polar surface area (TPSA) is 9.23 Å². The maximum atomic E-state index is 13.4. The van der Waals surface area contributed by atoms with E-state index in [2.05, 4.69) is 6.92 Å². The minimum atomic E-state index is -4.37. The van der Waals surface area contributed by atoms with E-state index >= 15 is 0 Å². The van der Waals surface area contributed by atoms with Gasteiger partial charge in [-0.25, -0.2) is 8.78 Å². The van der Waals surface area contributed by atoms with E-state index in [9.17, 15) is 22.0 Å².